The predicted molar refractivity (Wildman–Crippen MR) is 95.4 cm³/mol. The summed E-state index contributed by atoms with van der Waals surface area (Å²) in [6.45, 7) is 4.26. The van der Waals surface area contributed by atoms with Crippen LogP contribution >= 0.6 is 0 Å². The van der Waals surface area contributed by atoms with Crippen molar-refractivity contribution in [1.82, 2.24) is 14.8 Å². The molecule has 5 nitrogen and oxygen atoms in total. The fraction of sp³-hybridized carbons (Fsp3) is 0.368. The number of nitrogens with one attached hydrogen (secondary N) is 1. The molecule has 2 aromatic heterocycles. The van der Waals surface area contributed by atoms with Crippen molar-refractivity contribution in [3.05, 3.63) is 46.8 Å². The van der Waals surface area contributed by atoms with Gasteiger partial charge >= 0.3 is 0 Å². The second kappa shape index (κ2) is 5.51. The molecule has 124 valence electrons. The van der Waals surface area contributed by atoms with Crippen LogP contribution in [0.15, 0.2) is 24.3 Å². The zero-order valence-corrected chi connectivity index (χ0v) is 14.1. The summed E-state index contributed by atoms with van der Waals surface area (Å²) in [6.07, 6.45) is 4.05. The Balaban J connectivity index is 1.83. The van der Waals surface area contributed by atoms with E-state index in [2.05, 4.69) is 30.0 Å². The van der Waals surface area contributed by atoms with E-state index in [9.17, 15) is 4.79 Å². The molecular formula is C19H22N4O. The number of aromatic amines is 1. The van der Waals surface area contributed by atoms with Gasteiger partial charge in [-0.05, 0) is 49.8 Å². The normalized spacial score (nSPS) is 14.3. The molecule has 0 saturated heterocycles. The Morgan fingerprint density at radius 3 is 2.83 bits per heavy atom. The van der Waals surface area contributed by atoms with Gasteiger partial charge in [0.2, 0.25) is 0 Å². The van der Waals surface area contributed by atoms with Crippen molar-refractivity contribution >= 4 is 22.6 Å². The summed E-state index contributed by atoms with van der Waals surface area (Å²) in [7, 11) is 0. The van der Waals surface area contributed by atoms with Gasteiger partial charge < -0.3 is 10.7 Å². The highest BCUT2D eigenvalue weighted by Gasteiger charge is 2.24. The summed E-state index contributed by atoms with van der Waals surface area (Å²) in [5, 5.41) is 5.44. The standard InChI is InChI=1S/C19H22N4O/c1-11(2)17-10-14-12(7-5-9-15(14)21-17)19(24)23-18(20)13-6-3-4-8-16(13)22-23/h5,7,9-11,21H,3-4,6,8,20H2,1-2H3. The largest absolute Gasteiger partial charge is 0.383 e. The summed E-state index contributed by atoms with van der Waals surface area (Å²) >= 11 is 0. The number of nitrogens with zero attached hydrogens (tertiary/aromatic N) is 2. The van der Waals surface area contributed by atoms with Crippen molar-refractivity contribution in [3.8, 4) is 0 Å². The Morgan fingerprint density at radius 2 is 2.08 bits per heavy atom. The second-order valence-electron chi connectivity index (χ2n) is 6.88. The first-order chi connectivity index (χ1) is 11.6. The Labute approximate surface area is 140 Å². The summed E-state index contributed by atoms with van der Waals surface area (Å²) < 4.78 is 1.40. The maximum atomic E-state index is 13.1. The second-order valence-corrected chi connectivity index (χ2v) is 6.88. The van der Waals surface area contributed by atoms with Crippen molar-refractivity contribution < 1.29 is 4.79 Å². The van der Waals surface area contributed by atoms with Gasteiger partial charge in [-0.25, -0.2) is 0 Å². The number of benzene rings is 1. The molecule has 0 radical (unpaired) electrons. The lowest BCUT2D eigenvalue weighted by atomic mass is 9.98. The van der Waals surface area contributed by atoms with E-state index in [1.165, 1.54) is 4.68 Å². The van der Waals surface area contributed by atoms with E-state index in [0.717, 1.165) is 53.5 Å². The lowest BCUT2D eigenvalue weighted by molar-refractivity contribution is 0.0949. The van der Waals surface area contributed by atoms with Gasteiger partial charge in [0.25, 0.3) is 5.91 Å². The number of aryl methyl sites for hydroxylation is 1. The molecule has 0 saturated carbocycles. The van der Waals surface area contributed by atoms with Crippen molar-refractivity contribution in [2.45, 2.75) is 45.4 Å². The molecule has 3 aromatic rings. The number of nitrogen functional groups attached to an aromatic ring is 1. The number of H-pyrrole nitrogens is 1. The third-order valence-corrected chi connectivity index (χ3v) is 4.93. The van der Waals surface area contributed by atoms with Crippen molar-refractivity contribution in [2.24, 2.45) is 0 Å². The average Bonchev–Trinajstić information content (AvgIpc) is 3.16. The third-order valence-electron chi connectivity index (χ3n) is 4.93. The summed E-state index contributed by atoms with van der Waals surface area (Å²) in [5.41, 5.74) is 11.0. The fourth-order valence-electron chi connectivity index (χ4n) is 3.52. The zero-order valence-electron chi connectivity index (χ0n) is 14.1. The van der Waals surface area contributed by atoms with E-state index in [0.29, 0.717) is 17.3 Å². The van der Waals surface area contributed by atoms with Gasteiger partial charge in [-0.1, -0.05) is 19.9 Å². The van der Waals surface area contributed by atoms with Crippen molar-refractivity contribution in [2.75, 3.05) is 5.73 Å². The van der Waals surface area contributed by atoms with Crippen molar-refractivity contribution in [1.29, 1.82) is 0 Å². The van der Waals surface area contributed by atoms with Gasteiger partial charge in [0.05, 0.1) is 11.3 Å². The molecular weight excluding hydrogens is 300 g/mol. The molecule has 1 aliphatic carbocycles. The van der Waals surface area contributed by atoms with Crippen LogP contribution in [0.3, 0.4) is 0 Å². The monoisotopic (exact) mass is 322 g/mol. The zero-order chi connectivity index (χ0) is 16.8. The Kier molecular flexibility index (Phi) is 3.44. The smallest absolute Gasteiger partial charge is 0.280 e. The van der Waals surface area contributed by atoms with Gasteiger partial charge in [0, 0.05) is 22.2 Å². The lowest BCUT2D eigenvalue weighted by Gasteiger charge is -2.08. The van der Waals surface area contributed by atoms with E-state index in [1.807, 2.05) is 18.2 Å². The lowest BCUT2D eigenvalue weighted by Crippen LogP contribution is -2.16. The van der Waals surface area contributed by atoms with Crippen LogP contribution in [0.2, 0.25) is 0 Å². The van der Waals surface area contributed by atoms with E-state index >= 15 is 0 Å². The summed E-state index contributed by atoms with van der Waals surface area (Å²) in [6, 6.07) is 7.81. The molecule has 2 heterocycles. The number of aromatic nitrogens is 3. The Hall–Kier alpha value is -2.56. The summed E-state index contributed by atoms with van der Waals surface area (Å²) in [4.78, 5) is 16.5. The highest BCUT2D eigenvalue weighted by molar-refractivity contribution is 6.08. The number of rotatable bonds is 2. The molecule has 1 aliphatic rings. The van der Waals surface area contributed by atoms with Crippen LogP contribution in [0.4, 0.5) is 5.82 Å². The van der Waals surface area contributed by atoms with Crippen LogP contribution in [-0.4, -0.2) is 20.7 Å². The molecule has 3 N–H and O–H groups in total. The predicted octanol–water partition coefficient (Wildman–Crippen LogP) is 3.64. The topological polar surface area (TPSA) is 76.7 Å². The maximum Gasteiger partial charge on any atom is 0.280 e. The SMILES string of the molecule is CC(C)c1cc2c(C(=O)n3nc4c(c3N)CCCC4)cccc2[nH]1. The average molecular weight is 322 g/mol. The molecule has 0 fully saturated rings. The van der Waals surface area contributed by atoms with Crippen LogP contribution in [0.5, 0.6) is 0 Å². The maximum absolute atomic E-state index is 13.1. The molecule has 5 heteroatoms. The van der Waals surface area contributed by atoms with Crippen LogP contribution in [0.25, 0.3) is 10.9 Å². The third kappa shape index (κ3) is 2.23. The molecule has 0 amide bonds. The van der Waals surface area contributed by atoms with Crippen LogP contribution in [0.1, 0.15) is 59.9 Å². The minimum atomic E-state index is -0.151. The number of hydrogen-bond donors (Lipinski definition) is 2. The van der Waals surface area contributed by atoms with Gasteiger partial charge in [-0.15, -0.1) is 0 Å². The van der Waals surface area contributed by atoms with Crippen LogP contribution in [-0.2, 0) is 12.8 Å². The number of fused-ring (bicyclic) bond motifs is 2. The fourth-order valence-corrected chi connectivity index (χ4v) is 3.52. The highest BCUT2D eigenvalue weighted by atomic mass is 16.2. The number of carbonyl (C=O) groups is 1. The van der Waals surface area contributed by atoms with Crippen LogP contribution < -0.4 is 5.73 Å². The number of carbonyl (C=O) groups excluding carboxylic acids is 1. The minimum absolute atomic E-state index is 0.151. The van der Waals surface area contributed by atoms with E-state index < -0.39 is 0 Å². The van der Waals surface area contributed by atoms with Gasteiger partial charge in [-0.2, -0.15) is 9.78 Å². The van der Waals surface area contributed by atoms with E-state index in [-0.39, 0.29) is 5.91 Å². The molecule has 0 unspecified atom stereocenters. The van der Waals surface area contributed by atoms with E-state index in [1.54, 1.807) is 0 Å². The molecule has 1 aromatic carbocycles. The van der Waals surface area contributed by atoms with Crippen molar-refractivity contribution in [3.63, 3.8) is 0 Å². The first kappa shape index (κ1) is 15.0. The minimum Gasteiger partial charge on any atom is -0.383 e. The van der Waals surface area contributed by atoms with Gasteiger partial charge in [-0.3, -0.25) is 4.79 Å². The van der Waals surface area contributed by atoms with Gasteiger partial charge in [0.1, 0.15) is 5.82 Å². The molecule has 0 atom stereocenters. The molecule has 0 aliphatic heterocycles. The van der Waals surface area contributed by atoms with Crippen LogP contribution in [0, 0.1) is 0 Å². The number of anilines is 1. The van der Waals surface area contributed by atoms with Gasteiger partial charge in [0.15, 0.2) is 0 Å². The first-order valence-electron chi connectivity index (χ1n) is 8.59. The Bertz CT molecular complexity index is 932. The number of nitrogens with two attached hydrogens (primary N) is 1. The molecule has 24 heavy (non-hydrogen) atoms. The molecule has 4 rings (SSSR count). The quantitative estimate of drug-likeness (QED) is 0.756. The Morgan fingerprint density at radius 1 is 1.29 bits per heavy atom. The van der Waals surface area contributed by atoms with E-state index in [4.69, 9.17) is 5.73 Å². The first-order valence-corrected chi connectivity index (χ1v) is 8.59. The molecule has 0 spiro atoms. The molecule has 0 bridgehead atoms. The summed E-state index contributed by atoms with van der Waals surface area (Å²) in [5.74, 6) is 0.732. The highest BCUT2D eigenvalue weighted by Crippen LogP contribution is 2.28. The number of hydrogen-bond acceptors (Lipinski definition) is 3.